The number of ether oxygens (including phenoxy) is 4. The summed E-state index contributed by atoms with van der Waals surface area (Å²) in [7, 11) is 1.99. The van der Waals surface area contributed by atoms with E-state index in [2.05, 4.69) is 12.2 Å². The van der Waals surface area contributed by atoms with Gasteiger partial charge in [-0.25, -0.2) is 0 Å². The van der Waals surface area contributed by atoms with Gasteiger partial charge in [-0.05, 0) is 19.9 Å². The summed E-state index contributed by atoms with van der Waals surface area (Å²) in [5.41, 5.74) is 0. The van der Waals surface area contributed by atoms with Gasteiger partial charge in [-0.3, -0.25) is 0 Å². The van der Waals surface area contributed by atoms with Crippen molar-refractivity contribution < 1.29 is 18.9 Å². The first kappa shape index (κ1) is 15.2. The van der Waals surface area contributed by atoms with Crippen LogP contribution in [-0.4, -0.2) is 58.0 Å². The van der Waals surface area contributed by atoms with Gasteiger partial charge in [0.15, 0.2) is 5.79 Å². The molecule has 0 radical (unpaired) electrons. The Hall–Kier alpha value is -0.200. The molecule has 0 aromatic heterocycles. The second-order valence-corrected chi connectivity index (χ2v) is 5.27. The number of nitrogens with one attached hydrogen (secondary N) is 1. The van der Waals surface area contributed by atoms with Gasteiger partial charge in [-0.1, -0.05) is 6.92 Å². The lowest BCUT2D eigenvalue weighted by Crippen LogP contribution is -2.51. The lowest BCUT2D eigenvalue weighted by molar-refractivity contribution is -0.207. The van der Waals surface area contributed by atoms with Gasteiger partial charge in [0.1, 0.15) is 0 Å². The fraction of sp³-hybridized carbons (Fsp3) is 1.00. The molecule has 1 N–H and O–H groups in total. The fourth-order valence-corrected chi connectivity index (χ4v) is 2.88. The molecule has 2 fully saturated rings. The van der Waals surface area contributed by atoms with E-state index in [1.807, 2.05) is 7.05 Å². The first-order chi connectivity index (χ1) is 9.29. The Bertz CT molecular complexity index is 256. The van der Waals surface area contributed by atoms with Gasteiger partial charge in [0.05, 0.1) is 32.5 Å². The molecule has 1 saturated heterocycles. The lowest BCUT2D eigenvalue weighted by Gasteiger charge is -2.40. The Morgan fingerprint density at radius 2 is 2.00 bits per heavy atom. The van der Waals surface area contributed by atoms with Crippen LogP contribution in [0.15, 0.2) is 0 Å². The molecule has 2 aliphatic rings. The molecule has 5 nitrogen and oxygen atoms in total. The largest absolute Gasteiger partial charge is 0.379 e. The van der Waals surface area contributed by atoms with Gasteiger partial charge in [-0.2, -0.15) is 0 Å². The number of hydrogen-bond acceptors (Lipinski definition) is 5. The van der Waals surface area contributed by atoms with Crippen molar-refractivity contribution in [2.24, 2.45) is 0 Å². The Morgan fingerprint density at radius 3 is 2.68 bits per heavy atom. The maximum Gasteiger partial charge on any atom is 0.171 e. The van der Waals surface area contributed by atoms with Crippen LogP contribution in [0.5, 0.6) is 0 Å². The normalized spacial score (nSPS) is 30.0. The van der Waals surface area contributed by atoms with E-state index in [1.165, 1.54) is 0 Å². The van der Waals surface area contributed by atoms with E-state index in [0.29, 0.717) is 32.5 Å². The van der Waals surface area contributed by atoms with Crippen molar-refractivity contribution in [3.05, 3.63) is 0 Å². The topological polar surface area (TPSA) is 49.0 Å². The maximum atomic E-state index is 5.97. The summed E-state index contributed by atoms with van der Waals surface area (Å²) in [6, 6.07) is 0.379. The van der Waals surface area contributed by atoms with Crippen LogP contribution >= 0.6 is 0 Å². The highest BCUT2D eigenvalue weighted by Crippen LogP contribution is 2.37. The van der Waals surface area contributed by atoms with E-state index in [9.17, 15) is 0 Å². The van der Waals surface area contributed by atoms with Gasteiger partial charge in [0.2, 0.25) is 0 Å². The molecule has 1 aliphatic heterocycles. The number of hydrogen-bond donors (Lipinski definition) is 1. The van der Waals surface area contributed by atoms with Gasteiger partial charge in [-0.15, -0.1) is 0 Å². The van der Waals surface area contributed by atoms with Crippen molar-refractivity contribution in [2.45, 2.75) is 50.5 Å². The summed E-state index contributed by atoms with van der Waals surface area (Å²) < 4.78 is 23.0. The molecule has 112 valence electrons. The Balaban J connectivity index is 1.77. The molecule has 0 amide bonds. The molecule has 1 saturated carbocycles. The molecular weight excluding hydrogens is 246 g/mol. The number of likely N-dealkylation sites (N-methyl/N-ethyl adjacent to an activating group) is 1. The minimum Gasteiger partial charge on any atom is -0.379 e. The first-order valence-corrected chi connectivity index (χ1v) is 7.44. The predicted octanol–water partition coefficient (Wildman–Crippen LogP) is 1.31. The summed E-state index contributed by atoms with van der Waals surface area (Å²) in [6.45, 7) is 5.62. The summed E-state index contributed by atoms with van der Waals surface area (Å²) >= 11 is 0. The van der Waals surface area contributed by atoms with Gasteiger partial charge < -0.3 is 24.3 Å². The standard InChI is InChI=1S/C14H27NO4/c1-3-6-16-7-8-17-13-11-14(18-9-10-19-14)5-4-12(13)15-2/h12-13,15H,3-11H2,1-2H3. The van der Waals surface area contributed by atoms with E-state index >= 15 is 0 Å². The highest BCUT2D eigenvalue weighted by molar-refractivity contribution is 4.91. The molecule has 0 aromatic rings. The Morgan fingerprint density at radius 1 is 1.21 bits per heavy atom. The van der Waals surface area contributed by atoms with Crippen LogP contribution in [0, 0.1) is 0 Å². The summed E-state index contributed by atoms with van der Waals surface area (Å²) in [4.78, 5) is 0. The zero-order valence-electron chi connectivity index (χ0n) is 12.2. The van der Waals surface area contributed by atoms with Gasteiger partial charge in [0.25, 0.3) is 0 Å². The summed E-state index contributed by atoms with van der Waals surface area (Å²) in [6.07, 6.45) is 3.98. The van der Waals surface area contributed by atoms with Crippen LogP contribution in [0.1, 0.15) is 32.6 Å². The van der Waals surface area contributed by atoms with E-state index < -0.39 is 0 Å². The monoisotopic (exact) mass is 273 g/mol. The predicted molar refractivity (Wildman–Crippen MR) is 72.2 cm³/mol. The van der Waals surface area contributed by atoms with Crippen LogP contribution in [0.4, 0.5) is 0 Å². The third-order valence-electron chi connectivity index (χ3n) is 3.89. The Labute approximate surface area is 115 Å². The highest BCUT2D eigenvalue weighted by Gasteiger charge is 2.45. The minimum atomic E-state index is -0.387. The van der Waals surface area contributed by atoms with Crippen LogP contribution < -0.4 is 5.32 Å². The minimum absolute atomic E-state index is 0.141. The van der Waals surface area contributed by atoms with Gasteiger partial charge >= 0.3 is 0 Å². The fourth-order valence-electron chi connectivity index (χ4n) is 2.88. The third-order valence-corrected chi connectivity index (χ3v) is 3.89. The molecule has 2 unspecified atom stereocenters. The van der Waals surface area contributed by atoms with Crippen LogP contribution in [0.3, 0.4) is 0 Å². The smallest absolute Gasteiger partial charge is 0.171 e. The third kappa shape index (κ3) is 4.13. The molecule has 0 bridgehead atoms. The molecular formula is C14H27NO4. The van der Waals surface area contributed by atoms with Crippen molar-refractivity contribution >= 4 is 0 Å². The molecule has 2 atom stereocenters. The second kappa shape index (κ2) is 7.55. The first-order valence-electron chi connectivity index (χ1n) is 7.44. The van der Waals surface area contributed by atoms with Crippen molar-refractivity contribution in [3.63, 3.8) is 0 Å². The average Bonchev–Trinajstić information content (AvgIpc) is 2.87. The second-order valence-electron chi connectivity index (χ2n) is 5.27. The highest BCUT2D eigenvalue weighted by atomic mass is 16.7. The van der Waals surface area contributed by atoms with E-state index in [-0.39, 0.29) is 11.9 Å². The van der Waals surface area contributed by atoms with Gasteiger partial charge in [0, 0.05) is 25.5 Å². The number of rotatable bonds is 7. The van der Waals surface area contributed by atoms with E-state index in [0.717, 1.165) is 32.3 Å². The van der Waals surface area contributed by atoms with Crippen LogP contribution in [-0.2, 0) is 18.9 Å². The lowest BCUT2D eigenvalue weighted by atomic mass is 9.87. The van der Waals surface area contributed by atoms with E-state index in [4.69, 9.17) is 18.9 Å². The molecule has 19 heavy (non-hydrogen) atoms. The molecule has 2 rings (SSSR count). The zero-order valence-corrected chi connectivity index (χ0v) is 12.2. The van der Waals surface area contributed by atoms with Crippen molar-refractivity contribution in [1.82, 2.24) is 5.32 Å². The zero-order chi connectivity index (χ0) is 13.6. The molecule has 0 aromatic carbocycles. The van der Waals surface area contributed by atoms with Crippen molar-refractivity contribution in [2.75, 3.05) is 40.1 Å². The average molecular weight is 273 g/mol. The Kier molecular flexibility index (Phi) is 6.04. The van der Waals surface area contributed by atoms with E-state index in [1.54, 1.807) is 0 Å². The van der Waals surface area contributed by atoms with Crippen molar-refractivity contribution in [3.8, 4) is 0 Å². The summed E-state index contributed by atoms with van der Waals surface area (Å²) in [5, 5.41) is 3.34. The molecule has 1 aliphatic carbocycles. The molecule has 1 heterocycles. The molecule has 5 heteroatoms. The van der Waals surface area contributed by atoms with Crippen LogP contribution in [0.2, 0.25) is 0 Å². The van der Waals surface area contributed by atoms with Crippen LogP contribution in [0.25, 0.3) is 0 Å². The summed E-state index contributed by atoms with van der Waals surface area (Å²) in [5.74, 6) is -0.387. The maximum absolute atomic E-state index is 5.97. The quantitative estimate of drug-likeness (QED) is 0.709. The van der Waals surface area contributed by atoms with Crippen molar-refractivity contribution in [1.29, 1.82) is 0 Å². The SMILES string of the molecule is CCCOCCOC1CC2(CCC1NC)OCCO2. The molecule has 1 spiro atoms.